The van der Waals surface area contributed by atoms with E-state index in [2.05, 4.69) is 41.8 Å². The minimum absolute atomic E-state index is 0.0615. The molecular formula is C15H20INO. The molecule has 0 saturated heterocycles. The van der Waals surface area contributed by atoms with Crippen LogP contribution >= 0.6 is 22.6 Å². The Morgan fingerprint density at radius 1 is 1.28 bits per heavy atom. The molecule has 1 fully saturated rings. The molecule has 1 aromatic carbocycles. The van der Waals surface area contributed by atoms with Gasteiger partial charge < -0.3 is 5.32 Å². The van der Waals surface area contributed by atoms with Gasteiger partial charge in [0.2, 0.25) is 0 Å². The molecule has 0 heterocycles. The molecule has 3 heteroatoms. The maximum atomic E-state index is 12.2. The first-order valence-electron chi connectivity index (χ1n) is 6.55. The summed E-state index contributed by atoms with van der Waals surface area (Å²) in [5.41, 5.74) is 0.980. The lowest BCUT2D eigenvalue weighted by atomic mass is 9.73. The first kappa shape index (κ1) is 13.8. The third-order valence-electron chi connectivity index (χ3n) is 3.92. The smallest absolute Gasteiger partial charge is 0.251 e. The van der Waals surface area contributed by atoms with Gasteiger partial charge in [0.15, 0.2) is 0 Å². The Bertz CT molecular complexity index is 425. The molecule has 0 aromatic heterocycles. The standard InChI is InChI=1S/C15H20INO/c1-15(2)10-4-3-5-13(15)17-14(18)11-6-8-12(16)9-7-11/h6-9,13H,3-5,10H2,1-2H3,(H,17,18). The number of carbonyl (C=O) groups is 1. The zero-order valence-corrected chi connectivity index (χ0v) is 13.2. The van der Waals surface area contributed by atoms with E-state index in [1.165, 1.54) is 19.3 Å². The topological polar surface area (TPSA) is 29.1 Å². The van der Waals surface area contributed by atoms with Crippen LogP contribution in [0.2, 0.25) is 0 Å². The average Bonchev–Trinajstić information content (AvgIpc) is 2.32. The van der Waals surface area contributed by atoms with E-state index in [0.717, 1.165) is 15.6 Å². The third-order valence-corrected chi connectivity index (χ3v) is 4.64. The van der Waals surface area contributed by atoms with Gasteiger partial charge in [-0.3, -0.25) is 4.79 Å². The Kier molecular flexibility index (Phi) is 4.30. The number of nitrogens with one attached hydrogen (secondary N) is 1. The molecule has 0 bridgehead atoms. The van der Waals surface area contributed by atoms with E-state index in [-0.39, 0.29) is 11.3 Å². The van der Waals surface area contributed by atoms with Crippen LogP contribution in [0.25, 0.3) is 0 Å². The van der Waals surface area contributed by atoms with Gasteiger partial charge in [-0.05, 0) is 65.1 Å². The van der Waals surface area contributed by atoms with Gasteiger partial charge in [0, 0.05) is 15.2 Å². The molecule has 0 spiro atoms. The SMILES string of the molecule is CC1(C)CCCCC1NC(=O)c1ccc(I)cc1. The highest BCUT2D eigenvalue weighted by atomic mass is 127. The molecule has 2 rings (SSSR count). The summed E-state index contributed by atoms with van der Waals surface area (Å²) in [5.74, 6) is 0.0615. The summed E-state index contributed by atoms with van der Waals surface area (Å²) in [6.45, 7) is 4.51. The van der Waals surface area contributed by atoms with Crippen LogP contribution in [0.1, 0.15) is 49.9 Å². The summed E-state index contributed by atoms with van der Waals surface area (Å²) in [6.07, 6.45) is 4.80. The van der Waals surface area contributed by atoms with Crippen LogP contribution in [0.3, 0.4) is 0 Å². The third kappa shape index (κ3) is 3.25. The highest BCUT2D eigenvalue weighted by Crippen LogP contribution is 2.35. The normalized spacial score (nSPS) is 22.5. The minimum atomic E-state index is 0.0615. The van der Waals surface area contributed by atoms with E-state index >= 15 is 0 Å². The van der Waals surface area contributed by atoms with Gasteiger partial charge >= 0.3 is 0 Å². The number of rotatable bonds is 2. The Hall–Kier alpha value is -0.580. The second kappa shape index (κ2) is 5.59. The number of benzene rings is 1. The molecule has 1 N–H and O–H groups in total. The van der Waals surface area contributed by atoms with Crippen molar-refractivity contribution in [3.63, 3.8) is 0 Å². The zero-order chi connectivity index (χ0) is 13.2. The van der Waals surface area contributed by atoms with Crippen LogP contribution in [-0.2, 0) is 0 Å². The van der Waals surface area contributed by atoms with Crippen LogP contribution < -0.4 is 5.32 Å². The lowest BCUT2D eigenvalue weighted by Gasteiger charge is -2.39. The molecule has 1 atom stereocenters. The van der Waals surface area contributed by atoms with Crippen molar-refractivity contribution in [3.05, 3.63) is 33.4 Å². The maximum Gasteiger partial charge on any atom is 0.251 e. The largest absolute Gasteiger partial charge is 0.349 e. The highest BCUT2D eigenvalue weighted by Gasteiger charge is 2.33. The van der Waals surface area contributed by atoms with Crippen molar-refractivity contribution in [1.82, 2.24) is 5.32 Å². The van der Waals surface area contributed by atoms with E-state index in [4.69, 9.17) is 0 Å². The van der Waals surface area contributed by atoms with Crippen molar-refractivity contribution in [3.8, 4) is 0 Å². The molecule has 0 aliphatic heterocycles. The lowest BCUT2D eigenvalue weighted by molar-refractivity contribution is 0.0853. The Labute approximate surface area is 123 Å². The Balaban J connectivity index is 2.04. The fourth-order valence-electron chi connectivity index (χ4n) is 2.60. The van der Waals surface area contributed by atoms with Crippen LogP contribution in [0.15, 0.2) is 24.3 Å². The zero-order valence-electron chi connectivity index (χ0n) is 11.0. The van der Waals surface area contributed by atoms with Crippen molar-refractivity contribution < 1.29 is 4.79 Å². The second-order valence-corrected chi connectivity index (χ2v) is 7.01. The minimum Gasteiger partial charge on any atom is -0.349 e. The van der Waals surface area contributed by atoms with Crippen LogP contribution in [-0.4, -0.2) is 11.9 Å². The number of halogens is 1. The number of amides is 1. The van der Waals surface area contributed by atoms with Crippen LogP contribution in [0.5, 0.6) is 0 Å². The molecule has 1 amide bonds. The number of carbonyl (C=O) groups excluding carboxylic acids is 1. The molecule has 1 aromatic rings. The average molecular weight is 357 g/mol. The number of hydrogen-bond donors (Lipinski definition) is 1. The van der Waals surface area contributed by atoms with Gasteiger partial charge in [-0.2, -0.15) is 0 Å². The predicted octanol–water partition coefficient (Wildman–Crippen LogP) is 3.99. The Morgan fingerprint density at radius 3 is 2.56 bits per heavy atom. The quantitative estimate of drug-likeness (QED) is 0.797. The molecule has 1 saturated carbocycles. The second-order valence-electron chi connectivity index (χ2n) is 5.77. The highest BCUT2D eigenvalue weighted by molar-refractivity contribution is 14.1. The first-order chi connectivity index (χ1) is 8.49. The molecule has 1 aliphatic carbocycles. The fraction of sp³-hybridized carbons (Fsp3) is 0.533. The molecule has 18 heavy (non-hydrogen) atoms. The van der Waals surface area contributed by atoms with Gasteiger partial charge in [0.05, 0.1) is 0 Å². The lowest BCUT2D eigenvalue weighted by Crippen LogP contribution is -2.46. The van der Waals surface area contributed by atoms with Gasteiger partial charge in [-0.15, -0.1) is 0 Å². The summed E-state index contributed by atoms with van der Waals surface area (Å²) in [6, 6.07) is 8.04. The van der Waals surface area contributed by atoms with E-state index in [0.29, 0.717) is 6.04 Å². The molecular weight excluding hydrogens is 337 g/mol. The van der Waals surface area contributed by atoms with Gasteiger partial charge in [-0.25, -0.2) is 0 Å². The van der Waals surface area contributed by atoms with Crippen molar-refractivity contribution in [1.29, 1.82) is 0 Å². The summed E-state index contributed by atoms with van der Waals surface area (Å²) in [4.78, 5) is 12.2. The molecule has 98 valence electrons. The van der Waals surface area contributed by atoms with Crippen LogP contribution in [0.4, 0.5) is 0 Å². The van der Waals surface area contributed by atoms with Gasteiger partial charge in [0.1, 0.15) is 0 Å². The van der Waals surface area contributed by atoms with E-state index in [1.54, 1.807) is 0 Å². The fourth-order valence-corrected chi connectivity index (χ4v) is 2.96. The summed E-state index contributed by atoms with van der Waals surface area (Å²) >= 11 is 2.25. The van der Waals surface area contributed by atoms with E-state index in [9.17, 15) is 4.79 Å². The van der Waals surface area contributed by atoms with Crippen molar-refractivity contribution in [2.24, 2.45) is 5.41 Å². The van der Waals surface area contributed by atoms with E-state index in [1.807, 2.05) is 24.3 Å². The molecule has 1 unspecified atom stereocenters. The van der Waals surface area contributed by atoms with Crippen molar-refractivity contribution in [2.45, 2.75) is 45.6 Å². The Morgan fingerprint density at radius 2 is 1.94 bits per heavy atom. The summed E-state index contributed by atoms with van der Waals surface area (Å²) in [5, 5.41) is 3.20. The van der Waals surface area contributed by atoms with Gasteiger partial charge in [-0.1, -0.05) is 26.7 Å². The summed E-state index contributed by atoms with van der Waals surface area (Å²) in [7, 11) is 0. The van der Waals surface area contributed by atoms with Crippen LogP contribution in [0, 0.1) is 8.99 Å². The molecule has 0 radical (unpaired) electrons. The predicted molar refractivity (Wildman–Crippen MR) is 82.7 cm³/mol. The molecule has 1 aliphatic rings. The monoisotopic (exact) mass is 357 g/mol. The first-order valence-corrected chi connectivity index (χ1v) is 7.63. The molecule has 2 nitrogen and oxygen atoms in total. The maximum absolute atomic E-state index is 12.2. The van der Waals surface area contributed by atoms with Crippen molar-refractivity contribution >= 4 is 28.5 Å². The van der Waals surface area contributed by atoms with Gasteiger partial charge in [0.25, 0.3) is 5.91 Å². The number of hydrogen-bond acceptors (Lipinski definition) is 1. The van der Waals surface area contributed by atoms with Crippen molar-refractivity contribution in [2.75, 3.05) is 0 Å². The van der Waals surface area contributed by atoms with E-state index < -0.39 is 0 Å². The summed E-state index contributed by atoms with van der Waals surface area (Å²) < 4.78 is 1.15.